The van der Waals surface area contributed by atoms with Crippen LogP contribution >= 0.6 is 0 Å². The van der Waals surface area contributed by atoms with E-state index in [1.54, 1.807) is 24.0 Å². The summed E-state index contributed by atoms with van der Waals surface area (Å²) in [6.07, 6.45) is 9.50. The Hall–Kier alpha value is -2.98. The number of pyridine rings is 1. The van der Waals surface area contributed by atoms with Crippen LogP contribution in [0.3, 0.4) is 0 Å². The number of nitrogens with zero attached hydrogens (tertiary/aromatic N) is 5. The van der Waals surface area contributed by atoms with E-state index in [-0.39, 0.29) is 10.8 Å². The minimum Gasteiger partial charge on any atom is -0.347 e. The van der Waals surface area contributed by atoms with Crippen LogP contribution < -0.4 is 5.32 Å². The van der Waals surface area contributed by atoms with Gasteiger partial charge < -0.3 is 9.88 Å². The van der Waals surface area contributed by atoms with E-state index in [0.717, 1.165) is 36.5 Å². The molecule has 9 nitrogen and oxygen atoms in total. The quantitative estimate of drug-likeness (QED) is 0.629. The predicted molar refractivity (Wildman–Crippen MR) is 115 cm³/mol. The van der Waals surface area contributed by atoms with Crippen molar-refractivity contribution in [3.05, 3.63) is 60.1 Å². The number of piperidine rings is 1. The molecule has 1 saturated heterocycles. The molecule has 0 aromatic carbocycles. The Labute approximate surface area is 181 Å². The maximum Gasteiger partial charge on any atom is 0.268 e. The van der Waals surface area contributed by atoms with Gasteiger partial charge in [-0.2, -0.15) is 4.31 Å². The van der Waals surface area contributed by atoms with E-state index in [1.807, 2.05) is 29.8 Å². The predicted octanol–water partition coefficient (Wildman–Crippen LogP) is 2.02. The van der Waals surface area contributed by atoms with Crippen molar-refractivity contribution in [1.82, 2.24) is 28.7 Å². The first-order valence-corrected chi connectivity index (χ1v) is 11.7. The first kappa shape index (κ1) is 21.3. The summed E-state index contributed by atoms with van der Waals surface area (Å²) in [6, 6.07) is 5.16. The average Bonchev–Trinajstić information content (AvgIpc) is 3.39. The van der Waals surface area contributed by atoms with E-state index >= 15 is 0 Å². The van der Waals surface area contributed by atoms with E-state index in [0.29, 0.717) is 25.3 Å². The van der Waals surface area contributed by atoms with E-state index in [4.69, 9.17) is 0 Å². The van der Waals surface area contributed by atoms with Crippen LogP contribution in [-0.4, -0.2) is 50.8 Å². The lowest BCUT2D eigenvalue weighted by Gasteiger charge is -2.25. The van der Waals surface area contributed by atoms with Crippen molar-refractivity contribution >= 4 is 15.9 Å². The molecule has 0 radical (unpaired) electrons. The van der Waals surface area contributed by atoms with Crippen molar-refractivity contribution in [2.24, 2.45) is 7.05 Å². The van der Waals surface area contributed by atoms with Gasteiger partial charge in [-0.25, -0.2) is 18.4 Å². The highest BCUT2D eigenvalue weighted by Crippen LogP contribution is 2.22. The van der Waals surface area contributed by atoms with Crippen LogP contribution in [0, 0.1) is 6.92 Å². The van der Waals surface area contributed by atoms with Gasteiger partial charge in [0.25, 0.3) is 5.91 Å². The Morgan fingerprint density at radius 2 is 1.90 bits per heavy atom. The van der Waals surface area contributed by atoms with Crippen LogP contribution in [0.25, 0.3) is 5.82 Å². The molecule has 0 bridgehead atoms. The smallest absolute Gasteiger partial charge is 0.268 e. The Bertz CT molecular complexity index is 1190. The minimum atomic E-state index is -3.58. The molecule has 4 heterocycles. The van der Waals surface area contributed by atoms with E-state index in [1.165, 1.54) is 16.6 Å². The SMILES string of the molecule is Cc1nccn1-c1cc(CNC(=O)c2cc(S(=O)(=O)N3CCCCC3)cn2C)ccn1. The fraction of sp³-hybridized carbons (Fsp3) is 0.381. The zero-order valence-electron chi connectivity index (χ0n) is 17.7. The highest BCUT2D eigenvalue weighted by Gasteiger charge is 2.28. The lowest BCUT2D eigenvalue weighted by Crippen LogP contribution is -2.35. The number of carbonyl (C=O) groups is 1. The second-order valence-corrected chi connectivity index (χ2v) is 9.62. The van der Waals surface area contributed by atoms with Crippen LogP contribution in [0.5, 0.6) is 0 Å². The highest BCUT2D eigenvalue weighted by molar-refractivity contribution is 7.89. The summed E-state index contributed by atoms with van der Waals surface area (Å²) in [6.45, 7) is 3.24. The van der Waals surface area contributed by atoms with Crippen molar-refractivity contribution in [1.29, 1.82) is 0 Å². The zero-order valence-corrected chi connectivity index (χ0v) is 18.5. The standard InChI is InChI=1S/C21H26N6O3S/c1-16-22-8-11-27(16)20-12-17(6-7-23-20)14-24-21(28)19-13-18(15-25(19)2)31(29,30)26-9-4-3-5-10-26/h6-8,11-13,15H,3-5,9-10,14H2,1-2H3,(H,24,28). The van der Waals surface area contributed by atoms with Crippen molar-refractivity contribution in [2.45, 2.75) is 37.6 Å². The summed E-state index contributed by atoms with van der Waals surface area (Å²) >= 11 is 0. The van der Waals surface area contributed by atoms with Crippen LogP contribution in [0.1, 0.15) is 41.1 Å². The number of rotatable bonds is 6. The Morgan fingerprint density at radius 1 is 1.13 bits per heavy atom. The summed E-state index contributed by atoms with van der Waals surface area (Å²) in [4.78, 5) is 21.5. The number of hydrogen-bond donors (Lipinski definition) is 1. The first-order chi connectivity index (χ1) is 14.9. The Kier molecular flexibility index (Phi) is 5.92. The van der Waals surface area contributed by atoms with Crippen molar-refractivity contribution in [3.63, 3.8) is 0 Å². The lowest BCUT2D eigenvalue weighted by atomic mass is 10.2. The molecule has 1 aliphatic rings. The number of aromatic nitrogens is 4. The van der Waals surface area contributed by atoms with Gasteiger partial charge in [0.15, 0.2) is 0 Å². The Balaban J connectivity index is 1.47. The number of nitrogens with one attached hydrogen (secondary N) is 1. The molecule has 1 N–H and O–H groups in total. The molecule has 10 heteroatoms. The number of amides is 1. The van der Waals surface area contributed by atoms with Gasteiger partial charge >= 0.3 is 0 Å². The largest absolute Gasteiger partial charge is 0.347 e. The molecule has 31 heavy (non-hydrogen) atoms. The van der Waals surface area contributed by atoms with Crippen LogP contribution in [0.15, 0.2) is 47.9 Å². The van der Waals surface area contributed by atoms with Crippen LogP contribution in [-0.2, 0) is 23.6 Å². The van der Waals surface area contributed by atoms with E-state index in [2.05, 4.69) is 15.3 Å². The van der Waals surface area contributed by atoms with Crippen molar-refractivity contribution in [3.8, 4) is 5.82 Å². The van der Waals surface area contributed by atoms with Crippen molar-refractivity contribution < 1.29 is 13.2 Å². The number of aryl methyl sites for hydroxylation is 2. The molecule has 0 aliphatic carbocycles. The van der Waals surface area contributed by atoms with E-state index in [9.17, 15) is 13.2 Å². The maximum atomic E-state index is 12.9. The third-order valence-corrected chi connectivity index (χ3v) is 7.36. The number of hydrogen-bond acceptors (Lipinski definition) is 5. The third-order valence-electron chi connectivity index (χ3n) is 5.50. The molecule has 164 valence electrons. The fourth-order valence-electron chi connectivity index (χ4n) is 3.75. The first-order valence-electron chi connectivity index (χ1n) is 10.3. The maximum absolute atomic E-state index is 12.9. The van der Waals surface area contributed by atoms with Gasteiger partial charge in [-0.15, -0.1) is 0 Å². The lowest BCUT2D eigenvalue weighted by molar-refractivity contribution is 0.0942. The summed E-state index contributed by atoms with van der Waals surface area (Å²) in [7, 11) is -1.91. The third kappa shape index (κ3) is 4.40. The summed E-state index contributed by atoms with van der Waals surface area (Å²) in [5.74, 6) is 1.20. The average molecular weight is 443 g/mol. The molecule has 0 unspecified atom stereocenters. The van der Waals surface area contributed by atoms with Crippen LogP contribution in [0.4, 0.5) is 0 Å². The number of sulfonamides is 1. The second-order valence-electron chi connectivity index (χ2n) is 7.69. The summed E-state index contributed by atoms with van der Waals surface area (Å²) < 4.78 is 30.7. The van der Waals surface area contributed by atoms with Gasteiger partial charge in [0, 0.05) is 51.5 Å². The molecular formula is C21H26N6O3S. The molecule has 4 rings (SSSR count). The van der Waals surface area contributed by atoms with Gasteiger partial charge in [0.05, 0.1) is 0 Å². The Morgan fingerprint density at radius 3 is 2.61 bits per heavy atom. The number of imidazole rings is 1. The molecule has 1 amide bonds. The van der Waals surface area contributed by atoms with Crippen LogP contribution in [0.2, 0.25) is 0 Å². The second kappa shape index (κ2) is 8.64. The van der Waals surface area contributed by atoms with Gasteiger partial charge in [-0.1, -0.05) is 6.42 Å². The molecule has 1 fully saturated rings. The molecular weight excluding hydrogens is 416 g/mol. The molecule has 0 atom stereocenters. The molecule has 0 saturated carbocycles. The topological polar surface area (TPSA) is 102 Å². The van der Waals surface area contributed by atoms with Crippen molar-refractivity contribution in [2.75, 3.05) is 13.1 Å². The van der Waals surface area contributed by atoms with Gasteiger partial charge in [-0.05, 0) is 43.5 Å². The number of carbonyl (C=O) groups excluding carboxylic acids is 1. The molecule has 3 aromatic rings. The van der Waals surface area contributed by atoms with Gasteiger partial charge in [0.1, 0.15) is 22.2 Å². The molecule has 0 spiro atoms. The fourth-order valence-corrected chi connectivity index (χ4v) is 5.34. The monoisotopic (exact) mass is 442 g/mol. The highest BCUT2D eigenvalue weighted by atomic mass is 32.2. The zero-order chi connectivity index (χ0) is 22.0. The summed E-state index contributed by atoms with van der Waals surface area (Å²) in [5, 5.41) is 2.87. The minimum absolute atomic E-state index is 0.156. The normalized spacial score (nSPS) is 15.2. The van der Waals surface area contributed by atoms with Gasteiger partial charge in [0.2, 0.25) is 10.0 Å². The van der Waals surface area contributed by atoms with Gasteiger partial charge in [-0.3, -0.25) is 9.36 Å². The molecule has 1 aliphatic heterocycles. The molecule has 3 aromatic heterocycles. The van der Waals surface area contributed by atoms with E-state index < -0.39 is 10.0 Å². The summed E-state index contributed by atoms with van der Waals surface area (Å²) in [5.41, 5.74) is 1.18.